The standard InChI is InChI=1S/C37H58O4/c1-6-7-8-9-10-11-14-33(40)37(22-23-37)34(41)19-21-35(3,4)32-18-17-30-27(13-12-20-36(30,32)5)15-16-28-24-29(38)25-31(39)26(28)2/h15-16,19,21,29-32,34,38-39,41H,2,6-14,17-18,20,22-25H2,1,3-5H3/b21-19+,27-15+,28-16-/t29-,30+,31+,32-,34+,36+/m1/s1. The number of hydrogen-bond acceptors (Lipinski definition) is 4. The molecular weight excluding hydrogens is 508 g/mol. The maximum atomic E-state index is 13.1. The summed E-state index contributed by atoms with van der Waals surface area (Å²) < 4.78 is 0. The third kappa shape index (κ3) is 7.19. The van der Waals surface area contributed by atoms with Crippen LogP contribution in [0, 0.1) is 28.1 Å². The minimum Gasteiger partial charge on any atom is -0.393 e. The Labute approximate surface area is 250 Å². The first-order valence-electron chi connectivity index (χ1n) is 16.8. The number of carbonyl (C=O) groups excluding carboxylic acids is 1. The van der Waals surface area contributed by atoms with Gasteiger partial charge in [0.05, 0.1) is 23.7 Å². The zero-order valence-corrected chi connectivity index (χ0v) is 26.5. The molecule has 230 valence electrons. The maximum absolute atomic E-state index is 13.1. The zero-order chi connectivity index (χ0) is 29.8. The van der Waals surface area contributed by atoms with E-state index < -0.39 is 23.7 Å². The minimum atomic E-state index is -0.679. The molecule has 6 atom stereocenters. The SMILES string of the molecule is C=C1/C(=C\C=C2/CCC[C@]3(C)[C@@H](C(C)(C)/C=C/[C@H](O)C4(C(=O)CCCCCCCC)CC4)CC[C@@H]23)C[C@@H](O)C[C@@H]1O. The van der Waals surface area contributed by atoms with Crippen molar-refractivity contribution in [3.63, 3.8) is 0 Å². The highest BCUT2D eigenvalue weighted by atomic mass is 16.3. The van der Waals surface area contributed by atoms with Gasteiger partial charge in [-0.25, -0.2) is 0 Å². The molecule has 0 aromatic heterocycles. The zero-order valence-electron chi connectivity index (χ0n) is 26.5. The normalized spacial score (nSPS) is 34.4. The van der Waals surface area contributed by atoms with Crippen molar-refractivity contribution in [2.75, 3.05) is 0 Å². The molecule has 4 nitrogen and oxygen atoms in total. The highest BCUT2D eigenvalue weighted by Crippen LogP contribution is 2.62. The van der Waals surface area contributed by atoms with Gasteiger partial charge < -0.3 is 15.3 Å². The summed E-state index contributed by atoms with van der Waals surface area (Å²) in [6.07, 6.45) is 22.8. The monoisotopic (exact) mass is 566 g/mol. The number of hydrogen-bond donors (Lipinski definition) is 3. The number of unbranched alkanes of at least 4 members (excludes halogenated alkanes) is 5. The van der Waals surface area contributed by atoms with Crippen molar-refractivity contribution in [1.29, 1.82) is 0 Å². The molecule has 0 amide bonds. The van der Waals surface area contributed by atoms with E-state index in [0.717, 1.165) is 49.7 Å². The molecule has 3 N–H and O–H groups in total. The molecule has 0 saturated heterocycles. The van der Waals surface area contributed by atoms with Gasteiger partial charge >= 0.3 is 0 Å². The van der Waals surface area contributed by atoms with E-state index in [0.29, 0.717) is 31.1 Å². The van der Waals surface area contributed by atoms with Crippen molar-refractivity contribution in [2.24, 2.45) is 28.1 Å². The predicted octanol–water partition coefficient (Wildman–Crippen LogP) is 8.17. The lowest BCUT2D eigenvalue weighted by molar-refractivity contribution is -0.127. The summed E-state index contributed by atoms with van der Waals surface area (Å²) in [4.78, 5) is 13.1. The van der Waals surface area contributed by atoms with Crippen molar-refractivity contribution < 1.29 is 20.1 Å². The molecule has 0 aliphatic heterocycles. The number of allylic oxidation sites excluding steroid dienone is 4. The Balaban J connectivity index is 1.39. The number of fused-ring (bicyclic) bond motifs is 1. The van der Waals surface area contributed by atoms with Crippen molar-refractivity contribution in [3.05, 3.63) is 47.6 Å². The Morgan fingerprint density at radius 1 is 1.07 bits per heavy atom. The molecule has 4 saturated carbocycles. The second kappa shape index (κ2) is 13.4. The molecule has 0 spiro atoms. The Hall–Kier alpha value is -1.49. The third-order valence-electron chi connectivity index (χ3n) is 11.5. The van der Waals surface area contributed by atoms with E-state index in [9.17, 15) is 20.1 Å². The van der Waals surface area contributed by atoms with Gasteiger partial charge in [0.2, 0.25) is 0 Å². The van der Waals surface area contributed by atoms with Gasteiger partial charge in [-0.05, 0) is 91.6 Å². The summed E-state index contributed by atoms with van der Waals surface area (Å²) in [5, 5.41) is 31.6. The Kier molecular flexibility index (Phi) is 10.6. The lowest BCUT2D eigenvalue weighted by Crippen LogP contribution is -2.39. The van der Waals surface area contributed by atoms with Crippen molar-refractivity contribution in [3.8, 4) is 0 Å². The largest absolute Gasteiger partial charge is 0.393 e. The van der Waals surface area contributed by atoms with Crippen molar-refractivity contribution >= 4 is 5.78 Å². The fourth-order valence-corrected chi connectivity index (χ4v) is 8.76. The fourth-order valence-electron chi connectivity index (χ4n) is 8.76. The van der Waals surface area contributed by atoms with Crippen LogP contribution >= 0.6 is 0 Å². The number of rotatable bonds is 13. The van der Waals surface area contributed by atoms with Gasteiger partial charge in [0, 0.05) is 12.8 Å². The van der Waals surface area contributed by atoms with E-state index in [1.165, 1.54) is 50.5 Å². The van der Waals surface area contributed by atoms with Gasteiger partial charge in [-0.3, -0.25) is 4.79 Å². The lowest BCUT2D eigenvalue weighted by atomic mass is 9.57. The van der Waals surface area contributed by atoms with Crippen LogP contribution in [0.4, 0.5) is 0 Å². The van der Waals surface area contributed by atoms with Gasteiger partial charge in [0.1, 0.15) is 5.78 Å². The van der Waals surface area contributed by atoms with E-state index >= 15 is 0 Å². The average molecular weight is 567 g/mol. The lowest BCUT2D eigenvalue weighted by Gasteiger charge is -2.47. The fraction of sp³-hybridized carbons (Fsp3) is 0.757. The summed E-state index contributed by atoms with van der Waals surface area (Å²) in [5.74, 6) is 1.30. The summed E-state index contributed by atoms with van der Waals surface area (Å²) in [6, 6.07) is 0. The van der Waals surface area contributed by atoms with Gasteiger partial charge in [-0.15, -0.1) is 0 Å². The minimum absolute atomic E-state index is 0.0737. The van der Waals surface area contributed by atoms with Crippen LogP contribution in [-0.2, 0) is 4.79 Å². The van der Waals surface area contributed by atoms with Gasteiger partial charge in [-0.1, -0.05) is 96.3 Å². The van der Waals surface area contributed by atoms with Crippen molar-refractivity contribution in [1.82, 2.24) is 0 Å². The highest BCUT2D eigenvalue weighted by molar-refractivity contribution is 5.88. The molecule has 0 heterocycles. The van der Waals surface area contributed by atoms with Crippen LogP contribution in [0.5, 0.6) is 0 Å². The quantitative estimate of drug-likeness (QED) is 0.155. The molecule has 0 radical (unpaired) electrons. The molecule has 0 aromatic carbocycles. The first-order chi connectivity index (χ1) is 19.4. The second-order valence-electron chi connectivity index (χ2n) is 14.8. The van der Waals surface area contributed by atoms with Crippen LogP contribution in [0.1, 0.15) is 130 Å². The second-order valence-corrected chi connectivity index (χ2v) is 14.8. The number of Topliss-reactive ketones (excluding diaryl/α,β-unsaturated/α-hetero) is 1. The van der Waals surface area contributed by atoms with Crippen LogP contribution in [0.2, 0.25) is 0 Å². The van der Waals surface area contributed by atoms with E-state index in [2.05, 4.69) is 52.5 Å². The van der Waals surface area contributed by atoms with E-state index in [4.69, 9.17) is 0 Å². The molecule has 41 heavy (non-hydrogen) atoms. The van der Waals surface area contributed by atoms with Crippen LogP contribution in [-0.4, -0.2) is 39.4 Å². The summed E-state index contributed by atoms with van der Waals surface area (Å²) in [6.45, 7) is 13.4. The Morgan fingerprint density at radius 3 is 2.49 bits per heavy atom. The molecule has 4 aliphatic carbocycles. The van der Waals surface area contributed by atoms with Crippen LogP contribution < -0.4 is 0 Å². The molecule has 0 unspecified atom stereocenters. The Morgan fingerprint density at radius 2 is 1.78 bits per heavy atom. The topological polar surface area (TPSA) is 77.8 Å². The maximum Gasteiger partial charge on any atom is 0.141 e. The summed E-state index contributed by atoms with van der Waals surface area (Å²) in [5.41, 5.74) is 2.80. The summed E-state index contributed by atoms with van der Waals surface area (Å²) >= 11 is 0. The molecular formula is C37H58O4. The van der Waals surface area contributed by atoms with Crippen LogP contribution in [0.3, 0.4) is 0 Å². The molecule has 0 aromatic rings. The number of carbonyl (C=O) groups is 1. The van der Waals surface area contributed by atoms with Crippen LogP contribution in [0.25, 0.3) is 0 Å². The molecule has 4 heteroatoms. The predicted molar refractivity (Wildman–Crippen MR) is 168 cm³/mol. The van der Waals surface area contributed by atoms with Gasteiger partial charge in [0.15, 0.2) is 0 Å². The van der Waals surface area contributed by atoms with Gasteiger partial charge in [-0.2, -0.15) is 0 Å². The smallest absolute Gasteiger partial charge is 0.141 e. The van der Waals surface area contributed by atoms with E-state index in [1.807, 2.05) is 6.08 Å². The molecule has 0 bridgehead atoms. The molecule has 4 rings (SSSR count). The van der Waals surface area contributed by atoms with Crippen molar-refractivity contribution in [2.45, 2.75) is 149 Å². The highest BCUT2D eigenvalue weighted by Gasteiger charge is 2.55. The average Bonchev–Trinajstić information content (AvgIpc) is 3.66. The number of aliphatic hydroxyl groups is 3. The van der Waals surface area contributed by atoms with E-state index in [-0.39, 0.29) is 16.6 Å². The number of ketones is 1. The van der Waals surface area contributed by atoms with Crippen LogP contribution in [0.15, 0.2) is 47.6 Å². The Bertz CT molecular complexity index is 1030. The molecule has 4 aliphatic rings. The first-order valence-corrected chi connectivity index (χ1v) is 16.8. The first kappa shape index (κ1) is 32.4. The number of aliphatic hydroxyl groups excluding tert-OH is 3. The third-order valence-corrected chi connectivity index (χ3v) is 11.5. The van der Waals surface area contributed by atoms with E-state index in [1.54, 1.807) is 0 Å². The van der Waals surface area contributed by atoms with Gasteiger partial charge in [0.25, 0.3) is 0 Å². The molecule has 4 fully saturated rings. The summed E-state index contributed by atoms with van der Waals surface area (Å²) in [7, 11) is 0.